The number of likely N-dealkylation sites (N-methyl/N-ethyl adjacent to an activating group) is 1. The molecule has 106 valence electrons. The first-order valence-corrected chi connectivity index (χ1v) is 7.63. The van der Waals surface area contributed by atoms with Crippen LogP contribution in [0.1, 0.15) is 22.0 Å². The maximum atomic E-state index is 12.0. The summed E-state index contributed by atoms with van der Waals surface area (Å²) in [7, 11) is 3.95. The molecule has 1 atom stereocenters. The minimum atomic E-state index is -0.0508. The van der Waals surface area contributed by atoms with Crippen molar-refractivity contribution in [1.82, 2.24) is 10.2 Å². The highest BCUT2D eigenvalue weighted by molar-refractivity contribution is 7.08. The molecule has 1 unspecified atom stereocenters. The summed E-state index contributed by atoms with van der Waals surface area (Å²) in [6, 6.07) is 9.59. The molecule has 1 N–H and O–H groups in total. The monoisotopic (exact) mass is 308 g/mol. The van der Waals surface area contributed by atoms with Gasteiger partial charge in [-0.1, -0.05) is 29.8 Å². The molecule has 0 spiro atoms. The van der Waals surface area contributed by atoms with Crippen LogP contribution >= 0.6 is 22.9 Å². The zero-order valence-corrected chi connectivity index (χ0v) is 13.0. The van der Waals surface area contributed by atoms with Gasteiger partial charge in [-0.25, -0.2) is 0 Å². The number of hydrogen-bond acceptors (Lipinski definition) is 3. The summed E-state index contributed by atoms with van der Waals surface area (Å²) in [6.45, 7) is 0.519. The Morgan fingerprint density at radius 3 is 2.70 bits per heavy atom. The molecule has 0 aliphatic carbocycles. The number of hydrogen-bond donors (Lipinski definition) is 1. The molecule has 0 aliphatic heterocycles. The van der Waals surface area contributed by atoms with E-state index >= 15 is 0 Å². The van der Waals surface area contributed by atoms with Gasteiger partial charge in [-0.2, -0.15) is 11.3 Å². The lowest BCUT2D eigenvalue weighted by Crippen LogP contribution is -2.34. The molecule has 1 aromatic heterocycles. The highest BCUT2D eigenvalue weighted by Crippen LogP contribution is 2.25. The Hall–Kier alpha value is -1.36. The molecule has 0 radical (unpaired) electrons. The van der Waals surface area contributed by atoms with Crippen LogP contribution in [0.4, 0.5) is 0 Å². The van der Waals surface area contributed by atoms with E-state index in [2.05, 4.69) is 10.2 Å². The molecule has 0 aliphatic rings. The van der Waals surface area contributed by atoms with Crippen LogP contribution < -0.4 is 5.32 Å². The summed E-state index contributed by atoms with van der Waals surface area (Å²) >= 11 is 7.76. The first-order valence-electron chi connectivity index (χ1n) is 6.31. The summed E-state index contributed by atoms with van der Waals surface area (Å²) in [5, 5.41) is 7.42. The van der Waals surface area contributed by atoms with Gasteiger partial charge in [0.1, 0.15) is 0 Å². The molecule has 2 aromatic rings. The van der Waals surface area contributed by atoms with Crippen molar-refractivity contribution in [3.05, 3.63) is 57.2 Å². The number of carbonyl (C=O) groups excluding carboxylic acids is 1. The molecule has 5 heteroatoms. The molecule has 3 nitrogen and oxygen atoms in total. The summed E-state index contributed by atoms with van der Waals surface area (Å²) in [5.74, 6) is -0.0508. The van der Waals surface area contributed by atoms with Gasteiger partial charge >= 0.3 is 0 Å². The molecule has 0 bridgehead atoms. The van der Waals surface area contributed by atoms with E-state index in [0.717, 1.165) is 10.6 Å². The average Bonchev–Trinajstić information content (AvgIpc) is 2.94. The number of amides is 1. The van der Waals surface area contributed by atoms with Gasteiger partial charge in [-0.3, -0.25) is 4.79 Å². The number of thiophene rings is 1. The Labute approximate surface area is 128 Å². The Bertz CT molecular complexity index is 569. The van der Waals surface area contributed by atoms with Crippen LogP contribution in [0.15, 0.2) is 41.1 Å². The standard InChI is InChI=1S/C15H17ClN2OS/c1-18(2)14(12-5-3-4-6-13(12)16)9-17-15(19)11-7-8-20-10-11/h3-8,10,14H,9H2,1-2H3,(H,17,19). The fraction of sp³-hybridized carbons (Fsp3) is 0.267. The van der Waals surface area contributed by atoms with E-state index in [1.165, 1.54) is 11.3 Å². The smallest absolute Gasteiger partial charge is 0.252 e. The van der Waals surface area contributed by atoms with Crippen molar-refractivity contribution >= 4 is 28.8 Å². The van der Waals surface area contributed by atoms with E-state index in [9.17, 15) is 4.79 Å². The minimum Gasteiger partial charge on any atom is -0.350 e. The average molecular weight is 309 g/mol. The van der Waals surface area contributed by atoms with Crippen LogP contribution in [0.25, 0.3) is 0 Å². The van der Waals surface area contributed by atoms with Gasteiger partial charge in [0.15, 0.2) is 0 Å². The number of nitrogens with one attached hydrogen (secondary N) is 1. The van der Waals surface area contributed by atoms with Gasteiger partial charge in [0.25, 0.3) is 5.91 Å². The first-order chi connectivity index (χ1) is 9.59. The van der Waals surface area contributed by atoms with E-state index < -0.39 is 0 Å². The lowest BCUT2D eigenvalue weighted by Gasteiger charge is -2.25. The minimum absolute atomic E-state index is 0.0475. The maximum Gasteiger partial charge on any atom is 0.252 e. The largest absolute Gasteiger partial charge is 0.350 e. The van der Waals surface area contributed by atoms with Crippen LogP contribution in [0, 0.1) is 0 Å². The lowest BCUT2D eigenvalue weighted by atomic mass is 10.1. The third-order valence-electron chi connectivity index (χ3n) is 3.13. The van der Waals surface area contributed by atoms with Crippen LogP contribution in [0.3, 0.4) is 0 Å². The van der Waals surface area contributed by atoms with E-state index in [0.29, 0.717) is 12.1 Å². The van der Waals surface area contributed by atoms with Crippen LogP contribution in [0.2, 0.25) is 5.02 Å². The predicted molar refractivity (Wildman–Crippen MR) is 84.5 cm³/mol. The highest BCUT2D eigenvalue weighted by atomic mass is 35.5. The molecule has 20 heavy (non-hydrogen) atoms. The Morgan fingerprint density at radius 1 is 1.35 bits per heavy atom. The molecule has 0 fully saturated rings. The van der Waals surface area contributed by atoms with Crippen molar-refractivity contribution in [3.8, 4) is 0 Å². The number of carbonyl (C=O) groups is 1. The third kappa shape index (κ3) is 3.60. The van der Waals surface area contributed by atoms with Gasteiger partial charge in [0.2, 0.25) is 0 Å². The van der Waals surface area contributed by atoms with Crippen molar-refractivity contribution in [2.75, 3.05) is 20.6 Å². The van der Waals surface area contributed by atoms with Crippen molar-refractivity contribution in [2.24, 2.45) is 0 Å². The van der Waals surface area contributed by atoms with Crippen LogP contribution in [-0.2, 0) is 0 Å². The molecule has 1 heterocycles. The van der Waals surface area contributed by atoms with Crippen molar-refractivity contribution in [3.63, 3.8) is 0 Å². The summed E-state index contributed by atoms with van der Waals surface area (Å²) in [6.07, 6.45) is 0. The highest BCUT2D eigenvalue weighted by Gasteiger charge is 2.18. The van der Waals surface area contributed by atoms with E-state index in [1.807, 2.05) is 55.2 Å². The van der Waals surface area contributed by atoms with E-state index in [1.54, 1.807) is 0 Å². The molecule has 2 rings (SSSR count). The SMILES string of the molecule is CN(C)C(CNC(=O)c1ccsc1)c1ccccc1Cl. The molecular weight excluding hydrogens is 292 g/mol. The number of benzene rings is 1. The second-order valence-electron chi connectivity index (χ2n) is 4.72. The first kappa shape index (κ1) is 15.0. The number of halogens is 1. The van der Waals surface area contributed by atoms with Crippen molar-refractivity contribution < 1.29 is 4.79 Å². The summed E-state index contributed by atoms with van der Waals surface area (Å²) in [4.78, 5) is 14.0. The summed E-state index contributed by atoms with van der Waals surface area (Å²) < 4.78 is 0. The van der Waals surface area contributed by atoms with Crippen molar-refractivity contribution in [2.45, 2.75) is 6.04 Å². The number of rotatable bonds is 5. The Morgan fingerprint density at radius 2 is 2.10 bits per heavy atom. The Kier molecular flexibility index (Phi) is 5.17. The van der Waals surface area contributed by atoms with Gasteiger partial charge in [0.05, 0.1) is 6.04 Å². The second-order valence-corrected chi connectivity index (χ2v) is 5.91. The molecule has 0 saturated carbocycles. The fourth-order valence-corrected chi connectivity index (χ4v) is 2.90. The molecular formula is C15H17ClN2OS. The van der Waals surface area contributed by atoms with Crippen LogP contribution in [-0.4, -0.2) is 31.4 Å². The zero-order valence-electron chi connectivity index (χ0n) is 11.5. The van der Waals surface area contributed by atoms with Gasteiger partial charge < -0.3 is 10.2 Å². The second kappa shape index (κ2) is 6.88. The van der Waals surface area contributed by atoms with E-state index in [-0.39, 0.29) is 11.9 Å². The molecule has 0 saturated heterocycles. The molecule has 1 aromatic carbocycles. The Balaban J connectivity index is 2.08. The van der Waals surface area contributed by atoms with Crippen molar-refractivity contribution in [1.29, 1.82) is 0 Å². The molecule has 1 amide bonds. The number of nitrogens with zero attached hydrogens (tertiary/aromatic N) is 1. The quantitative estimate of drug-likeness (QED) is 0.918. The lowest BCUT2D eigenvalue weighted by molar-refractivity contribution is 0.0942. The van der Waals surface area contributed by atoms with Gasteiger partial charge in [0, 0.05) is 22.5 Å². The normalized spacial score (nSPS) is 12.4. The van der Waals surface area contributed by atoms with Crippen LogP contribution in [0.5, 0.6) is 0 Å². The van der Waals surface area contributed by atoms with Gasteiger partial charge in [-0.15, -0.1) is 0 Å². The summed E-state index contributed by atoms with van der Waals surface area (Å²) in [5.41, 5.74) is 1.72. The van der Waals surface area contributed by atoms with Gasteiger partial charge in [-0.05, 0) is 37.2 Å². The fourth-order valence-electron chi connectivity index (χ4n) is 2.00. The topological polar surface area (TPSA) is 32.3 Å². The zero-order chi connectivity index (χ0) is 14.5. The third-order valence-corrected chi connectivity index (χ3v) is 4.15. The predicted octanol–water partition coefficient (Wildman–Crippen LogP) is 3.43. The maximum absolute atomic E-state index is 12.0. The van der Waals surface area contributed by atoms with E-state index in [4.69, 9.17) is 11.6 Å².